The van der Waals surface area contributed by atoms with Gasteiger partial charge in [0, 0.05) is 145 Å². The number of hydrogen-bond acceptors (Lipinski definition) is 10. The summed E-state index contributed by atoms with van der Waals surface area (Å²) in [6.45, 7) is 30.1. The van der Waals surface area contributed by atoms with E-state index in [1.54, 1.807) is 0 Å². The van der Waals surface area contributed by atoms with Gasteiger partial charge in [0.25, 0.3) is 0 Å². The standard InChI is InChI=1S/C46H36F4N6O2.C46H34F4O2Si2/c1-17(2)41-51-42(18(3)4)54-45(53-41)29-15-31-36-24(14-28-26-10-22(48)12-34(50)40(26)57-37(28)31)30(46-55-43(19(5)6)52-44(56-46)20(7)8)16-32-35(36)23(29)13-27-25-9-21(47)11-33(49)39(25)58-38(27)32;1-53(2,3)41-21-37-44-36(20-34-32-16-24(8-10-40(32)51-45(34)37)26-13-29(49)18-30(50)14-26)42(54(4,5)6)22-38-43(44)35(41)19-33-31-15-23(7-9-39(31)52-46(33)38)25-11-27(47)17-28(48)12-25/h9-20H,1-8H3;7-22H,1-6H3. The highest BCUT2D eigenvalue weighted by Crippen LogP contribution is 2.53. The summed E-state index contributed by atoms with van der Waals surface area (Å²) in [4.78, 5) is 29.5. The van der Waals surface area contributed by atoms with Crippen molar-refractivity contribution in [2.24, 2.45) is 0 Å². The van der Waals surface area contributed by atoms with Crippen LogP contribution in [0.1, 0.15) is 102 Å². The number of aromatic nitrogens is 6. The van der Waals surface area contributed by atoms with Crippen LogP contribution in [0, 0.1) is 46.5 Å². The van der Waals surface area contributed by atoms with Crippen molar-refractivity contribution in [1.29, 1.82) is 0 Å². The zero-order chi connectivity index (χ0) is 78.2. The molecule has 0 aliphatic heterocycles. The molecule has 20 aromatic rings. The number of fused-ring (bicyclic) bond motifs is 16. The molecular weight excluding hydrogens is 1460 g/mol. The molecule has 0 aliphatic rings. The summed E-state index contributed by atoms with van der Waals surface area (Å²) in [5.74, 6) is -2.71. The van der Waals surface area contributed by atoms with E-state index < -0.39 is 62.7 Å². The zero-order valence-electron chi connectivity index (χ0n) is 63.5. The monoisotopic (exact) mass is 1530 g/mol. The molecule has 556 valence electrons. The van der Waals surface area contributed by atoms with E-state index in [1.807, 2.05) is 116 Å². The quantitative estimate of drug-likeness (QED) is 0.0741. The molecule has 0 radical (unpaired) electrons. The van der Waals surface area contributed by atoms with Gasteiger partial charge in [-0.3, -0.25) is 0 Å². The van der Waals surface area contributed by atoms with E-state index in [0.29, 0.717) is 134 Å². The molecular formula is C92H70F8N6O4Si2. The maximum absolute atomic E-state index is 15.6. The molecule has 20 rings (SSSR count). The fraction of sp³-hybridized carbons (Fsp3) is 0.196. The molecule has 0 aliphatic carbocycles. The Morgan fingerprint density at radius 3 is 0.884 bits per heavy atom. The molecule has 6 heterocycles. The Balaban J connectivity index is 0.000000151. The van der Waals surface area contributed by atoms with Gasteiger partial charge < -0.3 is 17.7 Å². The topological polar surface area (TPSA) is 130 Å². The highest BCUT2D eigenvalue weighted by molar-refractivity contribution is 6.92. The van der Waals surface area contributed by atoms with Crippen LogP contribution in [0.4, 0.5) is 35.1 Å². The second-order valence-corrected chi connectivity index (χ2v) is 43.2. The smallest absolute Gasteiger partial charge is 0.171 e. The molecule has 112 heavy (non-hydrogen) atoms. The Bertz CT molecular complexity index is 6960. The third kappa shape index (κ3) is 11.0. The van der Waals surface area contributed by atoms with E-state index >= 15 is 8.78 Å². The molecule has 0 N–H and O–H groups in total. The lowest BCUT2D eigenvalue weighted by atomic mass is 9.86. The number of nitrogens with zero attached hydrogens (tertiary/aromatic N) is 6. The largest absolute Gasteiger partial charge is 0.455 e. The van der Waals surface area contributed by atoms with Crippen molar-refractivity contribution < 1.29 is 52.8 Å². The van der Waals surface area contributed by atoms with E-state index in [0.717, 1.165) is 78.5 Å². The van der Waals surface area contributed by atoms with Crippen LogP contribution >= 0.6 is 0 Å². The number of hydrogen-bond donors (Lipinski definition) is 0. The molecule has 0 saturated heterocycles. The van der Waals surface area contributed by atoms with Crippen molar-refractivity contribution in [3.8, 4) is 45.0 Å². The van der Waals surface area contributed by atoms with Crippen LogP contribution in [0.2, 0.25) is 39.3 Å². The van der Waals surface area contributed by atoms with Gasteiger partial charge in [0.1, 0.15) is 91.7 Å². The van der Waals surface area contributed by atoms with E-state index in [4.69, 9.17) is 47.6 Å². The Kier molecular flexibility index (Phi) is 15.7. The average molecular weight is 1530 g/mol. The maximum atomic E-state index is 15.6. The number of benzene rings is 14. The molecule has 0 saturated carbocycles. The van der Waals surface area contributed by atoms with Crippen LogP contribution in [0.15, 0.2) is 163 Å². The summed E-state index contributed by atoms with van der Waals surface area (Å²) in [7, 11) is -4.05. The number of halogens is 8. The highest BCUT2D eigenvalue weighted by Gasteiger charge is 2.33. The molecule has 0 unspecified atom stereocenters. The highest BCUT2D eigenvalue weighted by atomic mass is 28.3. The van der Waals surface area contributed by atoms with Crippen molar-refractivity contribution in [3.63, 3.8) is 0 Å². The van der Waals surface area contributed by atoms with Gasteiger partial charge in [-0.2, -0.15) is 0 Å². The first-order valence-corrected chi connectivity index (χ1v) is 44.5. The summed E-state index contributed by atoms with van der Waals surface area (Å²) in [5.41, 5.74) is 6.93. The van der Waals surface area contributed by atoms with Gasteiger partial charge in [0.2, 0.25) is 0 Å². The summed E-state index contributed by atoms with van der Waals surface area (Å²) in [6.07, 6.45) is 0. The lowest BCUT2D eigenvalue weighted by Crippen LogP contribution is -2.39. The summed E-state index contributed by atoms with van der Waals surface area (Å²) >= 11 is 0. The number of rotatable bonds is 10. The van der Waals surface area contributed by atoms with Gasteiger partial charge in [-0.05, 0) is 141 Å². The van der Waals surface area contributed by atoms with Crippen molar-refractivity contribution in [2.45, 2.75) is 118 Å². The third-order valence-electron chi connectivity index (χ3n) is 21.9. The minimum Gasteiger partial charge on any atom is -0.455 e. The van der Waals surface area contributed by atoms with Crippen LogP contribution in [-0.4, -0.2) is 46.1 Å². The van der Waals surface area contributed by atoms with Crippen molar-refractivity contribution in [1.82, 2.24) is 29.9 Å². The van der Waals surface area contributed by atoms with Gasteiger partial charge in [-0.15, -0.1) is 0 Å². The predicted octanol–water partition coefficient (Wildman–Crippen LogP) is 26.5. The normalized spacial score (nSPS) is 12.9. The third-order valence-corrected chi connectivity index (χ3v) is 26.0. The second-order valence-electron chi connectivity index (χ2n) is 33.1. The van der Waals surface area contributed by atoms with Crippen molar-refractivity contribution in [2.75, 3.05) is 0 Å². The van der Waals surface area contributed by atoms with Crippen LogP contribution in [0.5, 0.6) is 0 Å². The minimum atomic E-state index is -2.02. The lowest BCUT2D eigenvalue weighted by molar-refractivity contribution is 0.563. The van der Waals surface area contributed by atoms with E-state index in [-0.39, 0.29) is 45.6 Å². The molecule has 0 fully saturated rings. The summed E-state index contributed by atoms with van der Waals surface area (Å²) in [5, 5.41) is 18.3. The van der Waals surface area contributed by atoms with Gasteiger partial charge in [-0.25, -0.2) is 65.0 Å². The van der Waals surface area contributed by atoms with E-state index in [2.05, 4.69) is 63.5 Å². The van der Waals surface area contributed by atoms with Gasteiger partial charge >= 0.3 is 0 Å². The van der Waals surface area contributed by atoms with Gasteiger partial charge in [0.15, 0.2) is 34.4 Å². The number of furan rings is 4. The first-order valence-electron chi connectivity index (χ1n) is 37.5. The predicted molar refractivity (Wildman–Crippen MR) is 440 cm³/mol. The Morgan fingerprint density at radius 1 is 0.250 bits per heavy atom. The van der Waals surface area contributed by atoms with Crippen LogP contribution in [0.25, 0.3) is 197 Å². The average Bonchev–Trinajstić information content (AvgIpc) is 1.35. The first-order chi connectivity index (χ1) is 53.3. The van der Waals surface area contributed by atoms with E-state index in [1.165, 1.54) is 57.5 Å². The van der Waals surface area contributed by atoms with Crippen LogP contribution in [0.3, 0.4) is 0 Å². The first kappa shape index (κ1) is 70.6. The maximum Gasteiger partial charge on any atom is 0.171 e. The molecule has 20 heteroatoms. The van der Waals surface area contributed by atoms with E-state index in [9.17, 15) is 26.3 Å². The van der Waals surface area contributed by atoms with Crippen LogP contribution in [-0.2, 0) is 0 Å². The summed E-state index contributed by atoms with van der Waals surface area (Å²) in [6, 6.07) is 39.5. The molecule has 0 bridgehead atoms. The SMILES string of the molecule is CC(C)c1nc(-c2cc3c4oc5c(F)cc(F)cc5c4cc4c(-c5nc(C(C)C)nc(C(C)C)n5)cc5c6oc7c(F)cc(F)cc7c6cc2c5c43)nc(C(C)C)n1.C[Si](C)(C)c1cc2c3oc4ccc(-c5cc(F)cc(F)c5)cc4c3cc3c([Si](C)(C)C)cc4c5oc6ccc(-c7cc(F)cc(F)c7)cc6c5cc1c4c32. The fourth-order valence-electron chi connectivity index (χ4n) is 16.7. The molecule has 0 spiro atoms. The van der Waals surface area contributed by atoms with Gasteiger partial charge in [-0.1, -0.05) is 129 Å². The zero-order valence-corrected chi connectivity index (χ0v) is 65.5. The molecule has 0 amide bonds. The molecule has 6 aromatic heterocycles. The molecule has 14 aromatic carbocycles. The minimum absolute atomic E-state index is 0.0419. The second kappa shape index (κ2) is 24.9. The molecule has 10 nitrogen and oxygen atoms in total. The van der Waals surface area contributed by atoms with Crippen molar-refractivity contribution >= 4 is 179 Å². The summed E-state index contributed by atoms with van der Waals surface area (Å²) < 4.78 is 145. The Morgan fingerprint density at radius 2 is 0.545 bits per heavy atom. The molecule has 0 atom stereocenters. The van der Waals surface area contributed by atoms with Gasteiger partial charge in [0.05, 0.1) is 16.1 Å². The van der Waals surface area contributed by atoms with Crippen molar-refractivity contribution in [3.05, 3.63) is 215 Å². The fourth-order valence-corrected chi connectivity index (χ4v) is 19.8. The lowest BCUT2D eigenvalue weighted by Gasteiger charge is -2.26. The Hall–Kier alpha value is -11.7. The Labute approximate surface area is 636 Å². The van der Waals surface area contributed by atoms with Crippen LogP contribution < -0.4 is 10.4 Å².